The fourth-order valence-corrected chi connectivity index (χ4v) is 3.04. The van der Waals surface area contributed by atoms with E-state index >= 15 is 0 Å². The van der Waals surface area contributed by atoms with Gasteiger partial charge in [-0.15, -0.1) is 0 Å². The van der Waals surface area contributed by atoms with Gasteiger partial charge in [0.05, 0.1) is 5.57 Å². The highest BCUT2D eigenvalue weighted by molar-refractivity contribution is 6.40. The monoisotopic (exact) mass is 313 g/mol. The van der Waals surface area contributed by atoms with Gasteiger partial charge in [0.2, 0.25) is 0 Å². The average molecular weight is 313 g/mol. The van der Waals surface area contributed by atoms with Crippen LogP contribution in [0.2, 0.25) is 0 Å². The summed E-state index contributed by atoms with van der Waals surface area (Å²) in [6, 6.07) is 17.1. The fourth-order valence-electron chi connectivity index (χ4n) is 3.04. The molecule has 0 radical (unpaired) electrons. The third-order valence-electron chi connectivity index (χ3n) is 4.26. The van der Waals surface area contributed by atoms with Crippen LogP contribution in [0.25, 0.3) is 0 Å². The molecule has 1 heterocycles. The number of hydrogen-bond donors (Lipinski definition) is 0. The van der Waals surface area contributed by atoms with Crippen molar-refractivity contribution in [3.8, 4) is 0 Å². The van der Waals surface area contributed by atoms with Crippen LogP contribution in [-0.2, 0) is 6.54 Å². The molecule has 116 valence electrons. The maximum absolute atomic E-state index is 12.5. The second-order valence-corrected chi connectivity index (χ2v) is 5.82. The highest BCUT2D eigenvalue weighted by Gasteiger charge is 2.34. The van der Waals surface area contributed by atoms with Crippen molar-refractivity contribution in [1.82, 2.24) is 4.90 Å². The summed E-state index contributed by atoms with van der Waals surface area (Å²) < 4.78 is 0. The first-order chi connectivity index (χ1) is 11.7. The van der Waals surface area contributed by atoms with Crippen LogP contribution in [0.5, 0.6) is 0 Å². The van der Waals surface area contributed by atoms with Gasteiger partial charge in [-0.1, -0.05) is 54.6 Å². The highest BCUT2D eigenvalue weighted by atomic mass is 16.2. The van der Waals surface area contributed by atoms with Crippen LogP contribution in [0, 0.1) is 0 Å². The van der Waals surface area contributed by atoms with Gasteiger partial charge >= 0.3 is 0 Å². The summed E-state index contributed by atoms with van der Waals surface area (Å²) in [4.78, 5) is 27.1. The van der Waals surface area contributed by atoms with E-state index < -0.39 is 0 Å². The number of carbonyl (C=O) groups excluding carboxylic acids is 2. The molecule has 1 aliphatic carbocycles. The molecule has 0 N–H and O–H groups in total. The van der Waals surface area contributed by atoms with Gasteiger partial charge in [0, 0.05) is 30.1 Å². The van der Waals surface area contributed by atoms with Gasteiger partial charge in [-0.05, 0) is 23.3 Å². The first kappa shape index (κ1) is 14.4. The molecule has 0 bridgehead atoms. The van der Waals surface area contributed by atoms with Gasteiger partial charge in [0.25, 0.3) is 0 Å². The molecule has 0 spiro atoms. The molecule has 24 heavy (non-hydrogen) atoms. The van der Waals surface area contributed by atoms with Gasteiger partial charge in [-0.25, -0.2) is 0 Å². The van der Waals surface area contributed by atoms with Crippen molar-refractivity contribution in [1.29, 1.82) is 0 Å². The molecule has 1 aliphatic heterocycles. The normalized spacial score (nSPS) is 16.1. The Hall–Kier alpha value is -3.20. The summed E-state index contributed by atoms with van der Waals surface area (Å²) in [6.45, 7) is 0.749. The molecule has 4 rings (SSSR count). The molecule has 3 nitrogen and oxygen atoms in total. The van der Waals surface area contributed by atoms with Crippen LogP contribution in [0.15, 0.2) is 90.3 Å². The molecule has 0 saturated carbocycles. The van der Waals surface area contributed by atoms with Crippen LogP contribution >= 0.6 is 0 Å². The number of carbonyl (C=O) groups is 2. The predicted octanol–water partition coefficient (Wildman–Crippen LogP) is 3.91. The second-order valence-electron chi connectivity index (χ2n) is 5.82. The summed E-state index contributed by atoms with van der Waals surface area (Å²) in [7, 11) is 0. The lowest BCUT2D eigenvalue weighted by molar-refractivity contribution is 0.0988. The molecule has 0 aromatic heterocycles. The Morgan fingerprint density at radius 3 is 1.83 bits per heavy atom. The summed E-state index contributed by atoms with van der Waals surface area (Å²) in [5, 5.41) is 0. The summed E-state index contributed by atoms with van der Waals surface area (Å²) in [5.41, 5.74) is 3.13. The number of ketones is 2. The summed E-state index contributed by atoms with van der Waals surface area (Å²) >= 11 is 0. The Morgan fingerprint density at radius 2 is 1.25 bits per heavy atom. The Labute approximate surface area is 140 Å². The zero-order chi connectivity index (χ0) is 16.5. The number of hydrogen-bond acceptors (Lipinski definition) is 3. The first-order valence-corrected chi connectivity index (χ1v) is 7.83. The minimum absolute atomic E-state index is 0.184. The van der Waals surface area contributed by atoms with E-state index in [9.17, 15) is 9.59 Å². The van der Waals surface area contributed by atoms with Crippen LogP contribution < -0.4 is 0 Å². The number of allylic oxidation sites excluding steroid dienone is 4. The third kappa shape index (κ3) is 2.40. The largest absolute Gasteiger partial charge is 0.350 e. The molecule has 0 unspecified atom stereocenters. The molecule has 3 heteroatoms. The number of nitrogens with zero attached hydrogens (tertiary/aromatic N) is 1. The third-order valence-corrected chi connectivity index (χ3v) is 4.26. The number of benzene rings is 2. The SMILES string of the molecule is O=C1C(=C2C=CN(Cc3ccccc3)C=C2)C(=O)c2ccccc21. The average Bonchev–Trinajstić information content (AvgIpc) is 2.88. The second kappa shape index (κ2) is 5.78. The van der Waals surface area contributed by atoms with E-state index in [1.165, 1.54) is 5.56 Å². The maximum Gasteiger partial charge on any atom is 0.198 e. The van der Waals surface area contributed by atoms with E-state index in [2.05, 4.69) is 12.1 Å². The lowest BCUT2D eigenvalue weighted by atomic mass is 10.0. The van der Waals surface area contributed by atoms with E-state index in [0.717, 1.165) is 6.54 Å². The molecular formula is C21H15NO2. The van der Waals surface area contributed by atoms with Crippen molar-refractivity contribution >= 4 is 11.6 Å². The number of rotatable bonds is 2. The van der Waals surface area contributed by atoms with Gasteiger partial charge < -0.3 is 4.90 Å². The van der Waals surface area contributed by atoms with E-state index in [0.29, 0.717) is 16.7 Å². The van der Waals surface area contributed by atoms with Gasteiger partial charge in [-0.2, -0.15) is 0 Å². The van der Waals surface area contributed by atoms with E-state index in [-0.39, 0.29) is 17.1 Å². The Balaban J connectivity index is 1.61. The van der Waals surface area contributed by atoms with E-state index in [4.69, 9.17) is 0 Å². The van der Waals surface area contributed by atoms with Gasteiger partial charge in [0.15, 0.2) is 11.6 Å². The van der Waals surface area contributed by atoms with Crippen LogP contribution in [-0.4, -0.2) is 16.5 Å². The van der Waals surface area contributed by atoms with E-state index in [1.54, 1.807) is 24.3 Å². The van der Waals surface area contributed by atoms with Crippen molar-refractivity contribution in [3.05, 3.63) is 107 Å². The molecule has 0 atom stereocenters. The van der Waals surface area contributed by atoms with Crippen molar-refractivity contribution < 1.29 is 9.59 Å². The molecular weight excluding hydrogens is 298 g/mol. The Bertz CT molecular complexity index is 867. The molecule has 0 fully saturated rings. The lowest BCUT2D eigenvalue weighted by Gasteiger charge is -2.19. The lowest BCUT2D eigenvalue weighted by Crippen LogP contribution is -2.13. The summed E-state index contributed by atoms with van der Waals surface area (Å²) in [6.07, 6.45) is 7.47. The van der Waals surface area contributed by atoms with Crippen molar-refractivity contribution in [2.75, 3.05) is 0 Å². The van der Waals surface area contributed by atoms with Crippen LogP contribution in [0.3, 0.4) is 0 Å². The van der Waals surface area contributed by atoms with E-state index in [1.807, 2.05) is 47.7 Å². The van der Waals surface area contributed by atoms with Crippen molar-refractivity contribution in [3.63, 3.8) is 0 Å². The minimum Gasteiger partial charge on any atom is -0.350 e. The molecule has 2 aromatic carbocycles. The number of fused-ring (bicyclic) bond motifs is 1. The Morgan fingerprint density at radius 1 is 0.708 bits per heavy atom. The molecule has 2 aromatic rings. The number of Topliss-reactive ketones (excluding diaryl/α,β-unsaturated/α-hetero) is 2. The minimum atomic E-state index is -0.184. The van der Waals surface area contributed by atoms with Crippen LogP contribution in [0.1, 0.15) is 26.3 Å². The zero-order valence-electron chi connectivity index (χ0n) is 13.0. The summed E-state index contributed by atoms with van der Waals surface area (Å²) in [5.74, 6) is -0.368. The maximum atomic E-state index is 12.5. The van der Waals surface area contributed by atoms with Gasteiger partial charge in [0.1, 0.15) is 0 Å². The topological polar surface area (TPSA) is 37.4 Å². The quantitative estimate of drug-likeness (QED) is 0.623. The fraction of sp³-hybridized carbons (Fsp3) is 0.0476. The molecule has 2 aliphatic rings. The predicted molar refractivity (Wildman–Crippen MR) is 92.4 cm³/mol. The smallest absolute Gasteiger partial charge is 0.198 e. The molecule has 0 saturated heterocycles. The van der Waals surface area contributed by atoms with Gasteiger partial charge in [-0.3, -0.25) is 9.59 Å². The Kier molecular flexibility index (Phi) is 3.47. The zero-order valence-corrected chi connectivity index (χ0v) is 13.0. The van der Waals surface area contributed by atoms with Crippen LogP contribution in [0.4, 0.5) is 0 Å². The molecule has 0 amide bonds. The van der Waals surface area contributed by atoms with Crippen molar-refractivity contribution in [2.45, 2.75) is 6.54 Å². The highest BCUT2D eigenvalue weighted by Crippen LogP contribution is 2.30. The first-order valence-electron chi connectivity index (χ1n) is 7.83. The van der Waals surface area contributed by atoms with Crippen molar-refractivity contribution in [2.24, 2.45) is 0 Å². The standard InChI is InChI=1S/C21H15NO2/c23-20-17-8-4-5-9-18(17)21(24)19(20)16-10-12-22(13-11-16)14-15-6-2-1-3-7-15/h1-13H,14H2.